The van der Waals surface area contributed by atoms with Crippen LogP contribution in [0.5, 0.6) is 5.88 Å². The van der Waals surface area contributed by atoms with Gasteiger partial charge in [0.05, 0.1) is 22.4 Å². The van der Waals surface area contributed by atoms with E-state index in [0.29, 0.717) is 24.3 Å². The fraction of sp³-hybridized carbons (Fsp3) is 0.533. The number of nitro benzene ring substituents is 1. The van der Waals surface area contributed by atoms with Gasteiger partial charge >= 0.3 is 0 Å². The molecule has 0 aliphatic heterocycles. The number of nitro groups is 1. The van der Waals surface area contributed by atoms with Crippen LogP contribution in [-0.4, -0.2) is 21.3 Å². The molecule has 21 heavy (non-hydrogen) atoms. The fourth-order valence-electron chi connectivity index (χ4n) is 2.52. The van der Waals surface area contributed by atoms with Crippen LogP contribution in [0.4, 0.5) is 5.69 Å². The molecule has 1 heterocycles. The number of non-ortho nitro benzene ring substituents is 1. The molecule has 1 aromatic carbocycles. The van der Waals surface area contributed by atoms with Crippen LogP contribution in [-0.2, 0) is 6.54 Å². The van der Waals surface area contributed by atoms with Crippen molar-refractivity contribution in [2.75, 3.05) is 6.61 Å². The van der Waals surface area contributed by atoms with Crippen LogP contribution in [0, 0.1) is 22.0 Å². The topological polar surface area (TPSA) is 70.2 Å². The predicted octanol–water partition coefficient (Wildman–Crippen LogP) is 3.14. The van der Waals surface area contributed by atoms with Crippen molar-refractivity contribution in [2.24, 2.45) is 11.8 Å². The number of aromatic nitrogens is 2. The van der Waals surface area contributed by atoms with Gasteiger partial charge in [-0.15, -0.1) is 5.10 Å². The lowest BCUT2D eigenvalue weighted by Gasteiger charge is -2.01. The molecule has 0 spiro atoms. The third-order valence-electron chi connectivity index (χ3n) is 4.19. The van der Waals surface area contributed by atoms with Crippen molar-refractivity contribution in [3.63, 3.8) is 0 Å². The first-order valence-electron chi connectivity index (χ1n) is 7.48. The summed E-state index contributed by atoms with van der Waals surface area (Å²) in [5, 5.41) is 16.3. The molecule has 0 unspecified atom stereocenters. The van der Waals surface area contributed by atoms with Gasteiger partial charge in [-0.1, -0.05) is 0 Å². The molecule has 2 fully saturated rings. The van der Waals surface area contributed by atoms with E-state index >= 15 is 0 Å². The van der Waals surface area contributed by atoms with Crippen LogP contribution in [0.3, 0.4) is 0 Å². The van der Waals surface area contributed by atoms with Gasteiger partial charge in [0.25, 0.3) is 5.69 Å². The lowest BCUT2D eigenvalue weighted by molar-refractivity contribution is -0.384. The zero-order valence-electron chi connectivity index (χ0n) is 11.7. The van der Waals surface area contributed by atoms with Crippen LogP contribution in [0.2, 0.25) is 0 Å². The Labute approximate surface area is 121 Å². The predicted molar refractivity (Wildman–Crippen MR) is 77.3 cm³/mol. The largest absolute Gasteiger partial charge is 0.476 e. The minimum absolute atomic E-state index is 0.0877. The first-order valence-corrected chi connectivity index (χ1v) is 7.48. The first-order chi connectivity index (χ1) is 10.2. The number of fused-ring (bicyclic) bond motifs is 1. The Morgan fingerprint density at radius 1 is 1.29 bits per heavy atom. The van der Waals surface area contributed by atoms with Gasteiger partial charge in [-0.25, -0.2) is 0 Å². The van der Waals surface area contributed by atoms with E-state index in [1.165, 1.54) is 31.7 Å². The average Bonchev–Trinajstić information content (AvgIpc) is 3.37. The molecule has 0 saturated heterocycles. The van der Waals surface area contributed by atoms with Gasteiger partial charge in [0, 0.05) is 18.7 Å². The van der Waals surface area contributed by atoms with Gasteiger partial charge in [0.1, 0.15) is 0 Å². The summed E-state index contributed by atoms with van der Waals surface area (Å²) in [4.78, 5) is 10.6. The Bertz CT molecular complexity index is 701. The van der Waals surface area contributed by atoms with E-state index in [9.17, 15) is 10.1 Å². The number of rotatable bonds is 6. The Balaban J connectivity index is 1.72. The second-order valence-corrected chi connectivity index (χ2v) is 6.14. The van der Waals surface area contributed by atoms with E-state index in [2.05, 4.69) is 5.10 Å². The number of hydrogen-bond acceptors (Lipinski definition) is 4. The Morgan fingerprint density at radius 3 is 2.71 bits per heavy atom. The Morgan fingerprint density at radius 2 is 2.05 bits per heavy atom. The molecule has 0 bridgehead atoms. The minimum atomic E-state index is -0.373. The number of hydrogen-bond donors (Lipinski definition) is 0. The molecule has 0 amide bonds. The monoisotopic (exact) mass is 287 g/mol. The van der Waals surface area contributed by atoms with Crippen molar-refractivity contribution in [3.8, 4) is 5.88 Å². The first kappa shape index (κ1) is 12.6. The van der Waals surface area contributed by atoms with E-state index < -0.39 is 0 Å². The zero-order valence-corrected chi connectivity index (χ0v) is 11.7. The molecule has 110 valence electrons. The molecule has 2 aliphatic carbocycles. The second kappa shape index (κ2) is 4.72. The SMILES string of the molecule is O=[N+]([O-])c1ccc2c(c1)c(OCC1CC1)nn2CC1CC1. The van der Waals surface area contributed by atoms with Crippen molar-refractivity contribution in [3.05, 3.63) is 28.3 Å². The highest BCUT2D eigenvalue weighted by Crippen LogP contribution is 2.35. The van der Waals surface area contributed by atoms with Crippen molar-refractivity contribution < 1.29 is 9.66 Å². The Kier molecular flexibility index (Phi) is 2.83. The van der Waals surface area contributed by atoms with Crippen LogP contribution >= 0.6 is 0 Å². The minimum Gasteiger partial charge on any atom is -0.476 e. The zero-order chi connectivity index (χ0) is 14.4. The van der Waals surface area contributed by atoms with Gasteiger partial charge in [-0.2, -0.15) is 0 Å². The third kappa shape index (κ3) is 2.57. The molecule has 0 atom stereocenters. The number of benzene rings is 1. The molecule has 0 N–H and O–H groups in total. The van der Waals surface area contributed by atoms with Crippen molar-refractivity contribution in [2.45, 2.75) is 32.2 Å². The van der Waals surface area contributed by atoms with Crippen LogP contribution in [0.1, 0.15) is 25.7 Å². The summed E-state index contributed by atoms with van der Waals surface area (Å²) in [5.74, 6) is 1.87. The second-order valence-electron chi connectivity index (χ2n) is 6.14. The molecule has 6 nitrogen and oxygen atoms in total. The lowest BCUT2D eigenvalue weighted by Crippen LogP contribution is -2.03. The maximum absolute atomic E-state index is 11.0. The van der Waals surface area contributed by atoms with Crippen LogP contribution in [0.15, 0.2) is 18.2 Å². The van der Waals surface area contributed by atoms with E-state index in [1.807, 2.05) is 4.68 Å². The Hall–Kier alpha value is -2.11. The smallest absolute Gasteiger partial charge is 0.270 e. The average molecular weight is 287 g/mol. The van der Waals surface area contributed by atoms with Gasteiger partial charge in [-0.05, 0) is 43.6 Å². The molecule has 2 aromatic rings. The van der Waals surface area contributed by atoms with Gasteiger partial charge < -0.3 is 4.74 Å². The van der Waals surface area contributed by atoms with Crippen molar-refractivity contribution >= 4 is 16.6 Å². The summed E-state index contributed by atoms with van der Waals surface area (Å²) in [7, 11) is 0. The molecular weight excluding hydrogens is 270 g/mol. The van der Waals surface area contributed by atoms with Gasteiger partial charge in [-0.3, -0.25) is 14.8 Å². The summed E-state index contributed by atoms with van der Waals surface area (Å²) < 4.78 is 7.75. The van der Waals surface area contributed by atoms with E-state index in [4.69, 9.17) is 4.74 Å². The summed E-state index contributed by atoms with van der Waals surface area (Å²) in [6.07, 6.45) is 4.90. The van der Waals surface area contributed by atoms with E-state index in [-0.39, 0.29) is 10.6 Å². The fourth-order valence-corrected chi connectivity index (χ4v) is 2.52. The van der Waals surface area contributed by atoms with Crippen molar-refractivity contribution in [1.82, 2.24) is 9.78 Å². The molecule has 2 saturated carbocycles. The highest BCUT2D eigenvalue weighted by Gasteiger charge is 2.26. The van der Waals surface area contributed by atoms with E-state index in [1.54, 1.807) is 12.1 Å². The summed E-state index contributed by atoms with van der Waals surface area (Å²) in [6.45, 7) is 1.54. The normalized spacial score (nSPS) is 18.1. The molecule has 6 heteroatoms. The van der Waals surface area contributed by atoms with Gasteiger partial charge in [0.15, 0.2) is 0 Å². The van der Waals surface area contributed by atoms with Crippen LogP contribution in [0.25, 0.3) is 10.9 Å². The molecular formula is C15H17N3O3. The molecule has 0 radical (unpaired) electrons. The summed E-state index contributed by atoms with van der Waals surface area (Å²) >= 11 is 0. The standard InChI is InChI=1S/C15H17N3O3/c19-18(20)12-5-6-14-13(7-12)15(21-9-11-3-4-11)16-17(14)8-10-1-2-10/h5-7,10-11H,1-4,8-9H2. The highest BCUT2D eigenvalue weighted by molar-refractivity contribution is 5.86. The van der Waals surface area contributed by atoms with Crippen LogP contribution < -0.4 is 4.74 Å². The summed E-state index contributed by atoms with van der Waals surface area (Å²) in [6, 6.07) is 4.90. The highest BCUT2D eigenvalue weighted by atomic mass is 16.6. The third-order valence-corrected chi connectivity index (χ3v) is 4.19. The number of ether oxygens (including phenoxy) is 1. The molecule has 4 rings (SSSR count). The number of nitrogens with zero attached hydrogens (tertiary/aromatic N) is 3. The summed E-state index contributed by atoms with van der Waals surface area (Å²) in [5.41, 5.74) is 1.02. The molecule has 2 aliphatic rings. The van der Waals surface area contributed by atoms with E-state index in [0.717, 1.165) is 17.4 Å². The maximum Gasteiger partial charge on any atom is 0.270 e. The maximum atomic E-state index is 11.0. The van der Waals surface area contributed by atoms with Gasteiger partial charge in [0.2, 0.25) is 5.88 Å². The molecule has 1 aromatic heterocycles. The quantitative estimate of drug-likeness (QED) is 0.604. The lowest BCUT2D eigenvalue weighted by atomic mass is 10.2. The van der Waals surface area contributed by atoms with Crippen molar-refractivity contribution in [1.29, 1.82) is 0 Å².